The van der Waals surface area contributed by atoms with Crippen LogP contribution < -0.4 is 4.72 Å². The fourth-order valence-corrected chi connectivity index (χ4v) is 3.91. The molecule has 0 amide bonds. The van der Waals surface area contributed by atoms with Gasteiger partial charge in [-0.1, -0.05) is 71.8 Å². The van der Waals surface area contributed by atoms with Crippen molar-refractivity contribution in [3.05, 3.63) is 89.5 Å². The zero-order chi connectivity index (χ0) is 17.9. The largest absolute Gasteiger partial charge is 0.240 e. The van der Waals surface area contributed by atoms with Gasteiger partial charge in [-0.15, -0.1) is 0 Å². The molecular formula is C21H21NO2S. The molecule has 25 heavy (non-hydrogen) atoms. The van der Waals surface area contributed by atoms with Gasteiger partial charge >= 0.3 is 0 Å². The second-order valence-corrected chi connectivity index (χ2v) is 7.98. The molecule has 0 heterocycles. The van der Waals surface area contributed by atoms with Gasteiger partial charge in [0.1, 0.15) is 0 Å². The molecule has 1 N–H and O–H groups in total. The van der Waals surface area contributed by atoms with Gasteiger partial charge in [-0.3, -0.25) is 0 Å². The van der Waals surface area contributed by atoms with Crippen LogP contribution in [0.5, 0.6) is 0 Å². The van der Waals surface area contributed by atoms with Crippen molar-refractivity contribution in [3.63, 3.8) is 0 Å². The van der Waals surface area contributed by atoms with E-state index in [2.05, 4.69) is 10.8 Å². The van der Waals surface area contributed by atoms with Crippen LogP contribution in [-0.2, 0) is 16.6 Å². The lowest BCUT2D eigenvalue weighted by Gasteiger charge is -2.09. The van der Waals surface area contributed by atoms with Gasteiger partial charge in [-0.05, 0) is 42.7 Å². The second kappa shape index (κ2) is 7.21. The van der Waals surface area contributed by atoms with Crippen molar-refractivity contribution < 1.29 is 8.42 Å². The number of nitrogens with one attached hydrogen (secondary N) is 1. The molecule has 0 aromatic heterocycles. The molecule has 0 saturated carbocycles. The minimum Gasteiger partial charge on any atom is -0.207 e. The third kappa shape index (κ3) is 4.35. The molecule has 3 rings (SSSR count). The van der Waals surface area contributed by atoms with Gasteiger partial charge in [-0.25, -0.2) is 13.1 Å². The summed E-state index contributed by atoms with van der Waals surface area (Å²) in [6, 6.07) is 22.9. The number of hydrogen-bond donors (Lipinski definition) is 1. The monoisotopic (exact) mass is 351 g/mol. The normalized spacial score (nSPS) is 11.4. The van der Waals surface area contributed by atoms with Crippen molar-refractivity contribution in [3.8, 4) is 11.1 Å². The first-order chi connectivity index (χ1) is 11.9. The highest BCUT2D eigenvalue weighted by atomic mass is 32.2. The summed E-state index contributed by atoms with van der Waals surface area (Å²) in [6.45, 7) is 4.30. The van der Waals surface area contributed by atoms with Crippen LogP contribution in [0.1, 0.15) is 16.7 Å². The Bertz CT molecular complexity index is 942. The molecular weight excluding hydrogens is 330 g/mol. The van der Waals surface area contributed by atoms with Crippen molar-refractivity contribution in [2.75, 3.05) is 0 Å². The van der Waals surface area contributed by atoms with Gasteiger partial charge in [0, 0.05) is 6.54 Å². The molecule has 3 aromatic carbocycles. The van der Waals surface area contributed by atoms with E-state index in [1.165, 1.54) is 0 Å². The van der Waals surface area contributed by atoms with Gasteiger partial charge in [0.05, 0.1) is 4.90 Å². The molecule has 0 radical (unpaired) electrons. The standard InChI is InChI=1S/C21H21NO2S/c1-16-12-17(2)14-18(13-16)15-22-25(23,24)21-10-8-20(9-11-21)19-6-4-3-5-7-19/h3-14,22H,15H2,1-2H3. The van der Waals surface area contributed by atoms with Crippen molar-refractivity contribution in [1.29, 1.82) is 0 Å². The SMILES string of the molecule is Cc1cc(C)cc(CNS(=O)(=O)c2ccc(-c3ccccc3)cc2)c1. The Morgan fingerprint density at radius 3 is 1.92 bits per heavy atom. The summed E-state index contributed by atoms with van der Waals surface area (Å²) in [5.74, 6) is 0. The van der Waals surface area contributed by atoms with E-state index >= 15 is 0 Å². The van der Waals surface area contributed by atoms with Crippen molar-refractivity contribution in [2.24, 2.45) is 0 Å². The second-order valence-electron chi connectivity index (χ2n) is 6.21. The van der Waals surface area contributed by atoms with Crippen LogP contribution in [-0.4, -0.2) is 8.42 Å². The van der Waals surface area contributed by atoms with Gasteiger partial charge < -0.3 is 0 Å². The van der Waals surface area contributed by atoms with Crippen molar-refractivity contribution >= 4 is 10.0 Å². The highest BCUT2D eigenvalue weighted by molar-refractivity contribution is 7.89. The number of hydrogen-bond acceptors (Lipinski definition) is 2. The molecule has 0 unspecified atom stereocenters. The Kier molecular flexibility index (Phi) is 5.02. The first kappa shape index (κ1) is 17.4. The zero-order valence-corrected chi connectivity index (χ0v) is 15.2. The van der Waals surface area contributed by atoms with Crippen LogP contribution in [0.3, 0.4) is 0 Å². The van der Waals surface area contributed by atoms with Gasteiger partial charge in [0.15, 0.2) is 0 Å². The molecule has 4 heteroatoms. The molecule has 128 valence electrons. The molecule has 0 fully saturated rings. The molecule has 0 aliphatic rings. The molecule has 0 aliphatic carbocycles. The smallest absolute Gasteiger partial charge is 0.207 e. The summed E-state index contributed by atoms with van der Waals surface area (Å²) in [5.41, 5.74) is 5.27. The summed E-state index contributed by atoms with van der Waals surface area (Å²) >= 11 is 0. The minimum absolute atomic E-state index is 0.275. The third-order valence-electron chi connectivity index (χ3n) is 4.02. The summed E-state index contributed by atoms with van der Waals surface area (Å²) in [7, 11) is -3.53. The summed E-state index contributed by atoms with van der Waals surface area (Å²) < 4.78 is 27.7. The lowest BCUT2D eigenvalue weighted by Crippen LogP contribution is -2.23. The maximum Gasteiger partial charge on any atom is 0.240 e. The van der Waals surface area contributed by atoms with E-state index in [-0.39, 0.29) is 11.4 Å². The first-order valence-electron chi connectivity index (χ1n) is 8.16. The van der Waals surface area contributed by atoms with E-state index in [1.54, 1.807) is 12.1 Å². The zero-order valence-electron chi connectivity index (χ0n) is 14.4. The number of aryl methyl sites for hydroxylation is 2. The van der Waals surface area contributed by atoms with Crippen molar-refractivity contribution in [1.82, 2.24) is 4.72 Å². The molecule has 0 aliphatic heterocycles. The van der Waals surface area contributed by atoms with E-state index in [0.717, 1.165) is 27.8 Å². The van der Waals surface area contributed by atoms with Crippen LogP contribution in [0.15, 0.2) is 77.7 Å². The Labute approximate surface area is 149 Å². The minimum atomic E-state index is -3.53. The van der Waals surface area contributed by atoms with Crippen LogP contribution in [0.4, 0.5) is 0 Å². The van der Waals surface area contributed by atoms with Gasteiger partial charge in [0.25, 0.3) is 0 Å². The topological polar surface area (TPSA) is 46.2 Å². The first-order valence-corrected chi connectivity index (χ1v) is 9.65. The number of benzene rings is 3. The van der Waals surface area contributed by atoms with Crippen LogP contribution in [0.25, 0.3) is 11.1 Å². The van der Waals surface area contributed by atoms with E-state index in [0.29, 0.717) is 0 Å². The number of rotatable bonds is 5. The Hall–Kier alpha value is -2.43. The average Bonchev–Trinajstić information content (AvgIpc) is 2.60. The predicted molar refractivity (Wildman–Crippen MR) is 102 cm³/mol. The third-order valence-corrected chi connectivity index (χ3v) is 5.44. The molecule has 3 aromatic rings. The van der Waals surface area contributed by atoms with Crippen LogP contribution in [0, 0.1) is 13.8 Å². The molecule has 3 nitrogen and oxygen atoms in total. The van der Waals surface area contributed by atoms with E-state index in [1.807, 2.05) is 68.4 Å². The predicted octanol–water partition coefficient (Wildman–Crippen LogP) is 4.45. The van der Waals surface area contributed by atoms with E-state index in [9.17, 15) is 8.42 Å². The highest BCUT2D eigenvalue weighted by Gasteiger charge is 2.14. The Morgan fingerprint density at radius 2 is 1.32 bits per heavy atom. The average molecular weight is 351 g/mol. The summed E-state index contributed by atoms with van der Waals surface area (Å²) in [5, 5.41) is 0. The van der Waals surface area contributed by atoms with Crippen LogP contribution >= 0.6 is 0 Å². The maximum absolute atomic E-state index is 12.5. The van der Waals surface area contributed by atoms with Gasteiger partial charge in [-0.2, -0.15) is 0 Å². The molecule has 0 spiro atoms. The van der Waals surface area contributed by atoms with Gasteiger partial charge in [0.2, 0.25) is 10.0 Å². The van der Waals surface area contributed by atoms with E-state index < -0.39 is 10.0 Å². The Balaban J connectivity index is 1.76. The highest BCUT2D eigenvalue weighted by Crippen LogP contribution is 2.21. The lowest BCUT2D eigenvalue weighted by molar-refractivity contribution is 0.581. The van der Waals surface area contributed by atoms with Crippen molar-refractivity contribution in [2.45, 2.75) is 25.3 Å². The molecule has 0 saturated heterocycles. The number of sulfonamides is 1. The fourth-order valence-electron chi connectivity index (χ4n) is 2.89. The molecule has 0 atom stereocenters. The Morgan fingerprint density at radius 1 is 0.760 bits per heavy atom. The summed E-state index contributed by atoms with van der Waals surface area (Å²) in [6.07, 6.45) is 0. The maximum atomic E-state index is 12.5. The quantitative estimate of drug-likeness (QED) is 0.738. The molecule has 0 bridgehead atoms. The van der Waals surface area contributed by atoms with E-state index in [4.69, 9.17) is 0 Å². The summed E-state index contributed by atoms with van der Waals surface area (Å²) in [4.78, 5) is 0.275. The van der Waals surface area contributed by atoms with Crippen LogP contribution in [0.2, 0.25) is 0 Å². The lowest BCUT2D eigenvalue weighted by atomic mass is 10.1. The fraction of sp³-hybridized carbons (Fsp3) is 0.143.